The average molecular weight is 400 g/mol. The largest absolute Gasteiger partial charge is 0.497 e. The molecule has 1 aliphatic carbocycles. The number of methoxy groups -OCH3 is 1. The SMILES string of the molecule is CNC(=O)c1cc(C(=O)N[C@H]2CC[C@H](O)CC2)c(C(C)c2ccc(OC)cc2)o1. The van der Waals surface area contributed by atoms with Gasteiger partial charge in [0.05, 0.1) is 18.8 Å². The molecule has 1 aromatic heterocycles. The quantitative estimate of drug-likeness (QED) is 0.692. The van der Waals surface area contributed by atoms with Gasteiger partial charge in [-0.2, -0.15) is 0 Å². The summed E-state index contributed by atoms with van der Waals surface area (Å²) in [6.45, 7) is 1.93. The van der Waals surface area contributed by atoms with Crippen molar-refractivity contribution >= 4 is 11.8 Å². The second kappa shape index (κ2) is 9.13. The third kappa shape index (κ3) is 4.79. The van der Waals surface area contributed by atoms with Crippen LogP contribution in [-0.2, 0) is 0 Å². The highest BCUT2D eigenvalue weighted by atomic mass is 16.5. The zero-order chi connectivity index (χ0) is 21.0. The Labute approximate surface area is 170 Å². The number of nitrogens with one attached hydrogen (secondary N) is 2. The molecular weight excluding hydrogens is 372 g/mol. The zero-order valence-corrected chi connectivity index (χ0v) is 17.0. The van der Waals surface area contributed by atoms with Gasteiger partial charge in [0.15, 0.2) is 5.76 Å². The molecule has 3 rings (SSSR count). The minimum absolute atomic E-state index is 0.00777. The van der Waals surface area contributed by atoms with Crippen molar-refractivity contribution in [3.05, 3.63) is 53.0 Å². The number of furan rings is 1. The molecule has 1 saturated carbocycles. The maximum atomic E-state index is 13.0. The van der Waals surface area contributed by atoms with Crippen molar-refractivity contribution in [2.75, 3.05) is 14.2 Å². The highest BCUT2D eigenvalue weighted by Crippen LogP contribution is 2.31. The van der Waals surface area contributed by atoms with E-state index in [-0.39, 0.29) is 35.6 Å². The Kier molecular flexibility index (Phi) is 6.59. The monoisotopic (exact) mass is 400 g/mol. The minimum Gasteiger partial charge on any atom is -0.497 e. The van der Waals surface area contributed by atoms with Gasteiger partial charge in [-0.05, 0) is 43.4 Å². The smallest absolute Gasteiger partial charge is 0.286 e. The fraction of sp³-hybridized carbons (Fsp3) is 0.455. The number of aliphatic hydroxyl groups excluding tert-OH is 1. The Morgan fingerprint density at radius 3 is 2.38 bits per heavy atom. The number of hydrogen-bond acceptors (Lipinski definition) is 5. The van der Waals surface area contributed by atoms with Gasteiger partial charge in [-0.15, -0.1) is 0 Å². The number of carbonyl (C=O) groups excluding carboxylic acids is 2. The Balaban J connectivity index is 1.87. The number of carbonyl (C=O) groups is 2. The number of hydrogen-bond donors (Lipinski definition) is 3. The molecule has 29 heavy (non-hydrogen) atoms. The van der Waals surface area contributed by atoms with Crippen molar-refractivity contribution in [1.29, 1.82) is 0 Å². The van der Waals surface area contributed by atoms with Crippen LogP contribution in [0.2, 0.25) is 0 Å². The molecule has 156 valence electrons. The van der Waals surface area contributed by atoms with Crippen LogP contribution < -0.4 is 15.4 Å². The number of ether oxygens (including phenoxy) is 1. The molecule has 1 heterocycles. The number of aliphatic hydroxyl groups is 1. The third-order valence-electron chi connectivity index (χ3n) is 5.50. The predicted octanol–water partition coefficient (Wildman–Crippen LogP) is 2.83. The van der Waals surface area contributed by atoms with Gasteiger partial charge >= 0.3 is 0 Å². The maximum absolute atomic E-state index is 13.0. The molecule has 0 bridgehead atoms. The Hall–Kier alpha value is -2.80. The van der Waals surface area contributed by atoms with E-state index in [1.165, 1.54) is 13.1 Å². The molecule has 0 spiro atoms. The standard InChI is InChI=1S/C22H28N2O5/c1-13(14-4-10-17(28-3)11-5-14)20-18(12-19(29-20)22(27)23-2)21(26)24-15-6-8-16(25)9-7-15/h4-5,10-13,15-16,25H,6-9H2,1-3H3,(H,23,27)(H,24,26)/t13?,15-,16-. The predicted molar refractivity (Wildman–Crippen MR) is 108 cm³/mol. The second-order valence-corrected chi connectivity index (χ2v) is 7.44. The number of benzene rings is 1. The van der Waals surface area contributed by atoms with Crippen LogP contribution in [0, 0.1) is 0 Å². The number of rotatable bonds is 6. The molecule has 2 amide bonds. The molecule has 1 fully saturated rings. The topological polar surface area (TPSA) is 101 Å². The van der Waals surface area contributed by atoms with Crippen molar-refractivity contribution in [3.63, 3.8) is 0 Å². The van der Waals surface area contributed by atoms with Crippen molar-refractivity contribution in [2.45, 2.75) is 50.7 Å². The lowest BCUT2D eigenvalue weighted by atomic mass is 9.92. The Morgan fingerprint density at radius 2 is 1.79 bits per heavy atom. The van der Waals surface area contributed by atoms with Crippen LogP contribution in [0.5, 0.6) is 5.75 Å². The van der Waals surface area contributed by atoms with Crippen LogP contribution in [0.3, 0.4) is 0 Å². The molecule has 1 unspecified atom stereocenters. The fourth-order valence-corrected chi connectivity index (χ4v) is 3.67. The summed E-state index contributed by atoms with van der Waals surface area (Å²) in [6.07, 6.45) is 2.53. The first-order valence-corrected chi connectivity index (χ1v) is 9.91. The summed E-state index contributed by atoms with van der Waals surface area (Å²) >= 11 is 0. The van der Waals surface area contributed by atoms with E-state index in [1.807, 2.05) is 31.2 Å². The van der Waals surface area contributed by atoms with Crippen LogP contribution in [0.25, 0.3) is 0 Å². The van der Waals surface area contributed by atoms with Gasteiger partial charge in [-0.3, -0.25) is 9.59 Å². The molecule has 1 atom stereocenters. The second-order valence-electron chi connectivity index (χ2n) is 7.44. The van der Waals surface area contributed by atoms with E-state index in [1.54, 1.807) is 7.11 Å². The third-order valence-corrected chi connectivity index (χ3v) is 5.50. The fourth-order valence-electron chi connectivity index (χ4n) is 3.67. The van der Waals surface area contributed by atoms with Gasteiger partial charge in [0.1, 0.15) is 11.5 Å². The summed E-state index contributed by atoms with van der Waals surface area (Å²) in [5.74, 6) is 0.417. The molecule has 7 heteroatoms. The molecule has 2 aromatic rings. The van der Waals surface area contributed by atoms with Gasteiger partial charge in [0.2, 0.25) is 0 Å². The molecule has 0 aliphatic heterocycles. The van der Waals surface area contributed by atoms with Crippen LogP contribution in [0.15, 0.2) is 34.7 Å². The van der Waals surface area contributed by atoms with E-state index in [0.717, 1.165) is 24.2 Å². The summed E-state index contributed by atoms with van der Waals surface area (Å²) in [5.41, 5.74) is 1.30. The molecule has 3 N–H and O–H groups in total. The molecule has 0 saturated heterocycles. The average Bonchev–Trinajstić information content (AvgIpc) is 3.20. The van der Waals surface area contributed by atoms with Gasteiger partial charge in [0, 0.05) is 25.1 Å². The van der Waals surface area contributed by atoms with E-state index in [9.17, 15) is 14.7 Å². The van der Waals surface area contributed by atoms with Gasteiger partial charge in [-0.1, -0.05) is 19.1 Å². The normalized spacial score (nSPS) is 20.0. The summed E-state index contributed by atoms with van der Waals surface area (Å²) in [7, 11) is 3.12. The van der Waals surface area contributed by atoms with Gasteiger partial charge in [-0.25, -0.2) is 0 Å². The first-order valence-electron chi connectivity index (χ1n) is 9.91. The summed E-state index contributed by atoms with van der Waals surface area (Å²) in [4.78, 5) is 25.1. The zero-order valence-electron chi connectivity index (χ0n) is 17.0. The minimum atomic E-state index is -0.381. The molecule has 1 aliphatic rings. The highest BCUT2D eigenvalue weighted by Gasteiger charge is 2.28. The lowest BCUT2D eigenvalue weighted by molar-refractivity contribution is 0.0864. The van der Waals surface area contributed by atoms with Crippen molar-refractivity contribution in [3.8, 4) is 5.75 Å². The molecule has 0 radical (unpaired) electrons. The molecule has 1 aromatic carbocycles. The van der Waals surface area contributed by atoms with Crippen molar-refractivity contribution in [2.24, 2.45) is 0 Å². The van der Waals surface area contributed by atoms with E-state index >= 15 is 0 Å². The van der Waals surface area contributed by atoms with Gasteiger partial charge in [0.25, 0.3) is 11.8 Å². The first kappa shape index (κ1) is 20.9. The van der Waals surface area contributed by atoms with Crippen LogP contribution in [-0.4, -0.2) is 43.2 Å². The number of amides is 2. The highest BCUT2D eigenvalue weighted by molar-refractivity contribution is 5.99. The van der Waals surface area contributed by atoms with E-state index in [4.69, 9.17) is 9.15 Å². The van der Waals surface area contributed by atoms with E-state index in [0.29, 0.717) is 24.2 Å². The van der Waals surface area contributed by atoms with E-state index < -0.39 is 0 Å². The van der Waals surface area contributed by atoms with Crippen LogP contribution >= 0.6 is 0 Å². The summed E-state index contributed by atoms with van der Waals surface area (Å²) in [6, 6.07) is 9.03. The Bertz CT molecular complexity index is 851. The summed E-state index contributed by atoms with van der Waals surface area (Å²) in [5, 5.41) is 15.2. The molecule has 7 nitrogen and oxygen atoms in total. The lowest BCUT2D eigenvalue weighted by Crippen LogP contribution is -2.38. The van der Waals surface area contributed by atoms with Gasteiger partial charge < -0.3 is 24.9 Å². The maximum Gasteiger partial charge on any atom is 0.286 e. The van der Waals surface area contributed by atoms with Crippen LogP contribution in [0.4, 0.5) is 0 Å². The van der Waals surface area contributed by atoms with E-state index in [2.05, 4.69) is 10.6 Å². The first-order chi connectivity index (χ1) is 13.9. The summed E-state index contributed by atoms with van der Waals surface area (Å²) < 4.78 is 11.0. The Morgan fingerprint density at radius 1 is 1.14 bits per heavy atom. The van der Waals surface area contributed by atoms with Crippen molar-refractivity contribution in [1.82, 2.24) is 10.6 Å². The molecular formula is C22H28N2O5. The lowest BCUT2D eigenvalue weighted by Gasteiger charge is -2.26. The van der Waals surface area contributed by atoms with Crippen molar-refractivity contribution < 1.29 is 23.8 Å². The van der Waals surface area contributed by atoms with Crippen LogP contribution in [0.1, 0.15) is 70.8 Å².